The lowest BCUT2D eigenvalue weighted by atomic mass is 10.0. The molecule has 0 bridgehead atoms. The Labute approximate surface area is 175 Å². The van der Waals surface area contributed by atoms with E-state index in [0.717, 1.165) is 10.6 Å². The average Bonchev–Trinajstić information content (AvgIpc) is 2.72. The lowest BCUT2D eigenvalue weighted by Crippen LogP contribution is -2.61. The van der Waals surface area contributed by atoms with Gasteiger partial charge in [-0.1, -0.05) is 18.2 Å². The molecule has 0 saturated carbocycles. The first-order valence-electron chi connectivity index (χ1n) is 9.66. The number of hydrogen-bond acceptors (Lipinski definition) is 5. The van der Waals surface area contributed by atoms with E-state index in [1.165, 1.54) is 9.80 Å². The number of urea groups is 2. The fraction of sp³-hybridized carbons (Fsp3) is 0.333. The number of hydrogen-bond donors (Lipinski definition) is 1. The van der Waals surface area contributed by atoms with Crippen molar-refractivity contribution in [2.75, 3.05) is 25.0 Å². The third-order valence-corrected chi connectivity index (χ3v) is 4.99. The molecule has 1 aromatic carbocycles. The van der Waals surface area contributed by atoms with E-state index in [0.29, 0.717) is 24.2 Å². The molecule has 9 nitrogen and oxygen atoms in total. The molecular formula is C21H25N5O4. The number of fused-ring (bicyclic) bond motifs is 1. The highest BCUT2D eigenvalue weighted by atomic mass is 16.6. The minimum atomic E-state index is -1.26. The SMILES string of the molecule is CCN(C(=O)N(C)CCc1ccccn1)C1OC(=O)c2c(C)cccc2N1C(N)=O. The molecule has 2 aromatic rings. The number of pyridine rings is 1. The predicted octanol–water partition coefficient (Wildman–Crippen LogP) is 2.35. The van der Waals surface area contributed by atoms with Crippen molar-refractivity contribution in [1.82, 2.24) is 14.8 Å². The number of esters is 1. The van der Waals surface area contributed by atoms with Crippen molar-refractivity contribution < 1.29 is 19.1 Å². The number of cyclic esters (lactones) is 1. The Balaban J connectivity index is 1.84. The normalized spacial score (nSPS) is 15.2. The Morgan fingerprint density at radius 1 is 1.23 bits per heavy atom. The fourth-order valence-electron chi connectivity index (χ4n) is 3.40. The number of carbonyl (C=O) groups is 3. The molecule has 1 unspecified atom stereocenters. The Bertz CT molecular complexity index is 950. The van der Waals surface area contributed by atoms with E-state index in [-0.39, 0.29) is 12.1 Å². The zero-order valence-electron chi connectivity index (χ0n) is 17.2. The molecule has 1 aliphatic heterocycles. The van der Waals surface area contributed by atoms with E-state index >= 15 is 0 Å². The highest BCUT2D eigenvalue weighted by Crippen LogP contribution is 2.32. The van der Waals surface area contributed by atoms with Gasteiger partial charge in [-0.25, -0.2) is 19.3 Å². The van der Waals surface area contributed by atoms with Crippen LogP contribution in [0.4, 0.5) is 15.3 Å². The number of primary amides is 1. The van der Waals surface area contributed by atoms with E-state index in [1.807, 2.05) is 18.2 Å². The lowest BCUT2D eigenvalue weighted by Gasteiger charge is -2.41. The predicted molar refractivity (Wildman–Crippen MR) is 111 cm³/mol. The molecule has 2 heterocycles. The van der Waals surface area contributed by atoms with Gasteiger partial charge in [0.05, 0.1) is 11.3 Å². The number of carbonyl (C=O) groups excluding carboxylic acids is 3. The molecule has 0 radical (unpaired) electrons. The largest absolute Gasteiger partial charge is 0.418 e. The van der Waals surface area contributed by atoms with Crippen LogP contribution in [0.2, 0.25) is 0 Å². The van der Waals surface area contributed by atoms with Gasteiger partial charge in [-0.15, -0.1) is 0 Å². The van der Waals surface area contributed by atoms with E-state index in [4.69, 9.17) is 10.5 Å². The summed E-state index contributed by atoms with van der Waals surface area (Å²) in [6.07, 6.45) is 0.993. The van der Waals surface area contributed by atoms with Crippen molar-refractivity contribution in [2.24, 2.45) is 5.73 Å². The molecule has 2 N–H and O–H groups in total. The van der Waals surface area contributed by atoms with Crippen LogP contribution in [0.25, 0.3) is 0 Å². The molecule has 30 heavy (non-hydrogen) atoms. The van der Waals surface area contributed by atoms with Gasteiger partial charge in [0.15, 0.2) is 0 Å². The average molecular weight is 411 g/mol. The summed E-state index contributed by atoms with van der Waals surface area (Å²) in [4.78, 5) is 46.2. The van der Waals surface area contributed by atoms with Crippen LogP contribution in [0.3, 0.4) is 0 Å². The Morgan fingerprint density at radius 3 is 2.63 bits per heavy atom. The molecule has 1 aromatic heterocycles. The van der Waals surface area contributed by atoms with Crippen molar-refractivity contribution >= 4 is 23.7 Å². The summed E-state index contributed by atoms with van der Waals surface area (Å²) in [6.45, 7) is 4.09. The second-order valence-corrected chi connectivity index (χ2v) is 6.97. The van der Waals surface area contributed by atoms with Crippen LogP contribution in [0, 0.1) is 6.92 Å². The van der Waals surface area contributed by atoms with Crippen molar-refractivity contribution in [2.45, 2.75) is 26.6 Å². The van der Waals surface area contributed by atoms with Crippen LogP contribution < -0.4 is 10.6 Å². The third kappa shape index (κ3) is 4.05. The van der Waals surface area contributed by atoms with Gasteiger partial charge >= 0.3 is 18.0 Å². The zero-order valence-corrected chi connectivity index (χ0v) is 17.2. The summed E-state index contributed by atoms with van der Waals surface area (Å²) < 4.78 is 5.51. The number of ether oxygens (including phenoxy) is 1. The number of amides is 4. The number of nitrogens with zero attached hydrogens (tertiary/aromatic N) is 4. The van der Waals surface area contributed by atoms with E-state index in [2.05, 4.69) is 4.98 Å². The maximum atomic E-state index is 13.1. The number of aromatic nitrogens is 1. The Morgan fingerprint density at radius 2 is 2.00 bits per heavy atom. The molecule has 3 rings (SSSR count). The van der Waals surface area contributed by atoms with Gasteiger partial charge in [-0.2, -0.15) is 0 Å². The molecule has 0 spiro atoms. The third-order valence-electron chi connectivity index (χ3n) is 4.99. The van der Waals surface area contributed by atoms with Crippen molar-refractivity contribution in [3.63, 3.8) is 0 Å². The Kier molecular flexibility index (Phi) is 6.20. The van der Waals surface area contributed by atoms with Gasteiger partial charge in [-0.05, 0) is 37.6 Å². The number of nitrogens with two attached hydrogens (primary N) is 1. The zero-order chi connectivity index (χ0) is 21.8. The monoisotopic (exact) mass is 411 g/mol. The second kappa shape index (κ2) is 8.81. The highest BCUT2D eigenvalue weighted by molar-refractivity contribution is 6.05. The van der Waals surface area contributed by atoms with Crippen LogP contribution in [0.15, 0.2) is 42.6 Å². The second-order valence-electron chi connectivity index (χ2n) is 6.97. The number of benzene rings is 1. The smallest absolute Gasteiger partial charge is 0.343 e. The summed E-state index contributed by atoms with van der Waals surface area (Å²) in [5, 5.41) is 0. The fourth-order valence-corrected chi connectivity index (χ4v) is 3.40. The maximum absolute atomic E-state index is 13.1. The van der Waals surface area contributed by atoms with E-state index < -0.39 is 24.4 Å². The Hall–Kier alpha value is -3.62. The van der Waals surface area contributed by atoms with Gasteiger partial charge in [0.2, 0.25) is 0 Å². The van der Waals surface area contributed by atoms with Crippen LogP contribution in [0.5, 0.6) is 0 Å². The summed E-state index contributed by atoms with van der Waals surface area (Å²) in [5.41, 5.74) is 7.71. The molecule has 9 heteroatoms. The van der Waals surface area contributed by atoms with Gasteiger partial charge in [0.1, 0.15) is 0 Å². The van der Waals surface area contributed by atoms with Gasteiger partial charge in [0, 0.05) is 38.4 Å². The van der Waals surface area contributed by atoms with E-state index in [9.17, 15) is 14.4 Å². The molecule has 1 aliphatic rings. The summed E-state index contributed by atoms with van der Waals surface area (Å²) >= 11 is 0. The lowest BCUT2D eigenvalue weighted by molar-refractivity contribution is -0.0206. The maximum Gasteiger partial charge on any atom is 0.343 e. The number of aryl methyl sites for hydroxylation is 1. The summed E-state index contributed by atoms with van der Waals surface area (Å²) in [6, 6.07) is 9.46. The number of rotatable bonds is 5. The standard InChI is InChI=1S/C21H25N5O4/c1-4-25(20(29)24(3)13-11-15-9-5-6-12-23-15)21-26(19(22)28)16-10-7-8-14(2)17(16)18(27)30-21/h5-10,12,21H,4,11,13H2,1-3H3,(H2,22,28). The van der Waals surface area contributed by atoms with Crippen LogP contribution in [-0.4, -0.2) is 59.3 Å². The van der Waals surface area contributed by atoms with Gasteiger partial charge < -0.3 is 15.4 Å². The van der Waals surface area contributed by atoms with E-state index in [1.54, 1.807) is 45.3 Å². The van der Waals surface area contributed by atoms with Crippen LogP contribution >= 0.6 is 0 Å². The van der Waals surface area contributed by atoms with Crippen molar-refractivity contribution in [1.29, 1.82) is 0 Å². The molecular weight excluding hydrogens is 386 g/mol. The topological polar surface area (TPSA) is 109 Å². The number of likely N-dealkylation sites (N-methyl/N-ethyl adjacent to an activating group) is 1. The van der Waals surface area contributed by atoms with Gasteiger partial charge in [-0.3, -0.25) is 9.88 Å². The first kappa shape index (κ1) is 21.1. The molecule has 158 valence electrons. The van der Waals surface area contributed by atoms with Crippen LogP contribution in [-0.2, 0) is 11.2 Å². The molecule has 0 saturated heterocycles. The summed E-state index contributed by atoms with van der Waals surface area (Å²) in [7, 11) is 1.64. The minimum absolute atomic E-state index is 0.204. The molecule has 4 amide bonds. The van der Waals surface area contributed by atoms with Crippen molar-refractivity contribution in [3.05, 3.63) is 59.4 Å². The first-order chi connectivity index (χ1) is 14.3. The first-order valence-corrected chi connectivity index (χ1v) is 9.66. The molecule has 0 fully saturated rings. The highest BCUT2D eigenvalue weighted by Gasteiger charge is 2.42. The number of anilines is 1. The quantitative estimate of drug-likeness (QED) is 0.760. The molecule has 1 atom stereocenters. The van der Waals surface area contributed by atoms with Gasteiger partial charge in [0.25, 0.3) is 6.35 Å². The van der Waals surface area contributed by atoms with Crippen LogP contribution in [0.1, 0.15) is 28.5 Å². The minimum Gasteiger partial charge on any atom is -0.418 e. The van der Waals surface area contributed by atoms with Crippen molar-refractivity contribution in [3.8, 4) is 0 Å². The summed E-state index contributed by atoms with van der Waals surface area (Å²) in [5.74, 6) is -0.604. The molecule has 0 aliphatic carbocycles.